The minimum atomic E-state index is -2.79. The molecule has 0 saturated carbocycles. The highest BCUT2D eigenvalue weighted by Crippen LogP contribution is 2.37. The first-order chi connectivity index (χ1) is 9.87. The fourth-order valence-corrected chi connectivity index (χ4v) is 2.04. The maximum Gasteiger partial charge on any atom is 0.258 e. The molecule has 2 rings (SSSR count). The van der Waals surface area contributed by atoms with Gasteiger partial charge in [0.25, 0.3) is 12.3 Å². The highest BCUT2D eigenvalue weighted by molar-refractivity contribution is 5.82. The summed E-state index contributed by atoms with van der Waals surface area (Å²) in [6, 6.07) is 1.10. The van der Waals surface area contributed by atoms with Crippen molar-refractivity contribution < 1.29 is 18.4 Å². The third kappa shape index (κ3) is 2.85. The monoisotopic (exact) mass is 295 g/mol. The number of hydrogen-bond acceptors (Lipinski definition) is 3. The summed E-state index contributed by atoms with van der Waals surface area (Å²) in [5.74, 6) is -0.770. The number of hydroxylamine groups is 2. The predicted octanol–water partition coefficient (Wildman–Crippen LogP) is 3.13. The van der Waals surface area contributed by atoms with Crippen LogP contribution in [0.4, 0.5) is 14.5 Å². The third-order valence-corrected chi connectivity index (χ3v) is 3.46. The molecule has 112 valence electrons. The molecule has 0 aromatic carbocycles. The lowest BCUT2D eigenvalue weighted by Crippen LogP contribution is -2.43. The average molecular weight is 295 g/mol. The number of pyridine rings is 1. The Hall–Kier alpha value is -2.07. The van der Waals surface area contributed by atoms with Crippen LogP contribution in [0.1, 0.15) is 31.9 Å². The first-order valence-electron chi connectivity index (χ1n) is 6.45. The molecule has 0 aliphatic carbocycles. The molecule has 0 bridgehead atoms. The predicted molar refractivity (Wildman–Crippen MR) is 70.4 cm³/mol. The number of aromatic nitrogens is 1. The minimum absolute atomic E-state index is 0.262. The van der Waals surface area contributed by atoms with E-state index in [-0.39, 0.29) is 6.61 Å². The van der Waals surface area contributed by atoms with Crippen molar-refractivity contribution in [2.45, 2.75) is 32.7 Å². The Bertz CT molecular complexity index is 584. The molecule has 0 spiro atoms. The normalized spacial score (nSPS) is 18.9. The molecule has 5 nitrogen and oxygen atoms in total. The van der Waals surface area contributed by atoms with Gasteiger partial charge in [0, 0.05) is 18.8 Å². The summed E-state index contributed by atoms with van der Waals surface area (Å²) in [7, 11) is 0. The summed E-state index contributed by atoms with van der Waals surface area (Å²) in [4.78, 5) is 24.7. The molecule has 1 aliphatic heterocycles. The van der Waals surface area contributed by atoms with Crippen molar-refractivity contribution in [2.75, 3.05) is 6.61 Å². The zero-order valence-corrected chi connectivity index (χ0v) is 11.7. The zero-order valence-electron chi connectivity index (χ0n) is 11.7. The topological polar surface area (TPSA) is 46.8 Å². The van der Waals surface area contributed by atoms with E-state index in [9.17, 15) is 13.6 Å². The maximum absolute atomic E-state index is 13.0. The van der Waals surface area contributed by atoms with Gasteiger partial charge in [0.1, 0.15) is 5.41 Å². The zero-order chi connectivity index (χ0) is 15.6. The first kappa shape index (κ1) is 15.3. The van der Waals surface area contributed by atoms with Gasteiger partial charge in [-0.3, -0.25) is 14.6 Å². The second-order valence-corrected chi connectivity index (χ2v) is 5.38. The Morgan fingerprint density at radius 3 is 2.90 bits per heavy atom. The molecule has 1 amide bonds. The van der Waals surface area contributed by atoms with Crippen LogP contribution in [0.3, 0.4) is 0 Å². The Balaban J connectivity index is 2.29. The third-order valence-electron chi connectivity index (χ3n) is 3.46. The van der Waals surface area contributed by atoms with Crippen LogP contribution in [-0.2, 0) is 9.63 Å². The number of amides is 1. The molecule has 0 unspecified atom stereocenters. The number of carbonyl (C=O) groups is 1. The maximum atomic E-state index is 13.0. The summed E-state index contributed by atoms with van der Waals surface area (Å²) >= 11 is 0. The van der Waals surface area contributed by atoms with E-state index in [1.54, 1.807) is 6.07 Å². The van der Waals surface area contributed by atoms with Crippen LogP contribution in [0.5, 0.6) is 0 Å². The summed E-state index contributed by atoms with van der Waals surface area (Å²) in [5.41, 5.74) is -0.882. The van der Waals surface area contributed by atoms with Crippen molar-refractivity contribution in [2.24, 2.45) is 5.41 Å². The van der Waals surface area contributed by atoms with Crippen LogP contribution in [0.2, 0.25) is 0 Å². The Morgan fingerprint density at radius 1 is 1.57 bits per heavy atom. The molecule has 0 N–H and O–H groups in total. The van der Waals surface area contributed by atoms with Crippen LogP contribution in [0, 0.1) is 12.0 Å². The minimum Gasteiger partial charge on any atom is -0.276 e. The second kappa shape index (κ2) is 5.74. The first-order valence-corrected chi connectivity index (χ1v) is 6.45. The molecule has 2 heterocycles. The fraction of sp³-hybridized carbons (Fsp3) is 0.500. The number of alkyl halides is 2. The van der Waals surface area contributed by atoms with E-state index in [1.165, 1.54) is 26.2 Å². The van der Waals surface area contributed by atoms with Gasteiger partial charge < -0.3 is 0 Å². The van der Waals surface area contributed by atoms with Crippen LogP contribution >= 0.6 is 0 Å². The van der Waals surface area contributed by atoms with Crippen LogP contribution < -0.4 is 0 Å². The van der Waals surface area contributed by atoms with E-state index >= 15 is 0 Å². The van der Waals surface area contributed by atoms with Gasteiger partial charge in [0.15, 0.2) is 0 Å². The van der Waals surface area contributed by atoms with Gasteiger partial charge in [-0.2, -0.15) is 0 Å². The summed E-state index contributed by atoms with van der Waals surface area (Å²) in [5, 5.41) is 0.997. The number of halogens is 2. The van der Waals surface area contributed by atoms with E-state index in [0.29, 0.717) is 17.7 Å². The number of hydrogen-bond donors (Lipinski definition) is 0. The van der Waals surface area contributed by atoms with Crippen molar-refractivity contribution in [3.8, 4) is 0 Å². The lowest BCUT2D eigenvalue weighted by molar-refractivity contribution is -0.194. The molecule has 1 aliphatic rings. The van der Waals surface area contributed by atoms with E-state index < -0.39 is 23.8 Å². The molecule has 7 heteroatoms. The van der Waals surface area contributed by atoms with Gasteiger partial charge in [-0.1, -0.05) is 0 Å². The Morgan fingerprint density at radius 2 is 2.29 bits per heavy atom. The van der Waals surface area contributed by atoms with Gasteiger partial charge in [-0.15, -0.1) is 0 Å². The molecule has 1 aromatic rings. The highest BCUT2D eigenvalue weighted by atomic mass is 19.3. The quantitative estimate of drug-likeness (QED) is 0.805. The van der Waals surface area contributed by atoms with Crippen molar-refractivity contribution in [1.29, 1.82) is 0 Å². The number of nitrogens with zero attached hydrogens (tertiary/aromatic N) is 3. The SMILES string of the molecule is [C-]#[N+]c1cncc([C@@H]2CCON2C(=O)C(C)(C)C(F)F)c1. The van der Waals surface area contributed by atoms with Crippen molar-refractivity contribution in [3.05, 3.63) is 35.4 Å². The molecule has 0 radical (unpaired) electrons. The van der Waals surface area contributed by atoms with Gasteiger partial charge in [0.05, 0.1) is 19.2 Å². The van der Waals surface area contributed by atoms with Crippen molar-refractivity contribution in [1.82, 2.24) is 10.0 Å². The average Bonchev–Trinajstić information content (AvgIpc) is 2.95. The van der Waals surface area contributed by atoms with Gasteiger partial charge >= 0.3 is 0 Å². The van der Waals surface area contributed by atoms with E-state index in [4.69, 9.17) is 11.4 Å². The van der Waals surface area contributed by atoms with Crippen molar-refractivity contribution in [3.63, 3.8) is 0 Å². The molecule has 1 fully saturated rings. The highest BCUT2D eigenvalue weighted by Gasteiger charge is 2.45. The standard InChI is InChI=1S/C14H15F2N3O2/c1-14(2,12(15)16)13(20)19-11(4-5-21-19)9-6-10(17-3)8-18-7-9/h6-8,11-12H,4-5H2,1-2H3/t11-/m0/s1. The van der Waals surface area contributed by atoms with Gasteiger partial charge in [-0.05, 0) is 25.5 Å². The number of carbonyl (C=O) groups excluding carboxylic acids is 1. The molecule has 1 saturated heterocycles. The molecular formula is C14H15F2N3O2. The summed E-state index contributed by atoms with van der Waals surface area (Å²) in [6.07, 6.45) is 0.613. The Kier molecular flexibility index (Phi) is 4.19. The van der Waals surface area contributed by atoms with Crippen LogP contribution in [0.15, 0.2) is 18.5 Å². The van der Waals surface area contributed by atoms with E-state index in [2.05, 4.69) is 9.83 Å². The lowest BCUT2D eigenvalue weighted by Gasteiger charge is -2.30. The fourth-order valence-electron chi connectivity index (χ4n) is 2.04. The summed E-state index contributed by atoms with van der Waals surface area (Å²) < 4.78 is 26.0. The Labute approximate surface area is 121 Å². The largest absolute Gasteiger partial charge is 0.276 e. The summed E-state index contributed by atoms with van der Waals surface area (Å²) in [6.45, 7) is 9.61. The molecule has 1 atom stereocenters. The molecule has 1 aromatic heterocycles. The molecular weight excluding hydrogens is 280 g/mol. The number of rotatable bonds is 3. The van der Waals surface area contributed by atoms with Gasteiger partial charge in [-0.25, -0.2) is 18.7 Å². The van der Waals surface area contributed by atoms with Gasteiger partial charge in [0.2, 0.25) is 5.69 Å². The van der Waals surface area contributed by atoms with E-state index in [0.717, 1.165) is 5.06 Å². The lowest BCUT2D eigenvalue weighted by atomic mass is 9.92. The smallest absolute Gasteiger partial charge is 0.258 e. The molecule has 21 heavy (non-hydrogen) atoms. The van der Waals surface area contributed by atoms with E-state index in [1.807, 2.05) is 0 Å². The van der Waals surface area contributed by atoms with Crippen LogP contribution in [-0.4, -0.2) is 29.0 Å². The van der Waals surface area contributed by atoms with Crippen molar-refractivity contribution >= 4 is 11.6 Å². The van der Waals surface area contributed by atoms with Crippen LogP contribution in [0.25, 0.3) is 4.85 Å². The second-order valence-electron chi connectivity index (χ2n) is 5.38.